The summed E-state index contributed by atoms with van der Waals surface area (Å²) >= 11 is 0. The van der Waals surface area contributed by atoms with Crippen molar-refractivity contribution >= 4 is 11.7 Å². The third kappa shape index (κ3) is 4.64. The lowest BCUT2D eigenvalue weighted by atomic mass is 9.65. The number of methoxy groups -OCH3 is 3. The SMILES string of the molecule is COc1ccc(NC(=O)N/C=C2\CC[C@@]3(c4ccc(OC)c(OC)c4)CCN(C)[C@H]3C2)cc1. The third-order valence-corrected chi connectivity index (χ3v) is 7.14. The number of likely N-dealkylation sites (N-methyl/N-ethyl adjacent to an activating group) is 1. The van der Waals surface area contributed by atoms with Crippen molar-refractivity contribution in [2.45, 2.75) is 37.1 Å². The Labute approximate surface area is 195 Å². The Morgan fingerprint density at radius 2 is 1.79 bits per heavy atom. The van der Waals surface area contributed by atoms with Crippen LogP contribution in [0.2, 0.25) is 0 Å². The van der Waals surface area contributed by atoms with Crippen LogP contribution in [0.3, 0.4) is 0 Å². The van der Waals surface area contributed by atoms with Gasteiger partial charge in [0, 0.05) is 23.3 Å². The lowest BCUT2D eigenvalue weighted by Gasteiger charge is -2.43. The molecule has 0 unspecified atom stereocenters. The molecule has 176 valence electrons. The number of benzene rings is 2. The molecule has 1 saturated carbocycles. The first-order valence-corrected chi connectivity index (χ1v) is 11.3. The molecule has 2 aliphatic rings. The summed E-state index contributed by atoms with van der Waals surface area (Å²) in [4.78, 5) is 14.8. The van der Waals surface area contributed by atoms with E-state index in [9.17, 15) is 4.79 Å². The molecule has 7 nitrogen and oxygen atoms in total. The van der Waals surface area contributed by atoms with Crippen molar-refractivity contribution in [2.24, 2.45) is 0 Å². The van der Waals surface area contributed by atoms with Gasteiger partial charge < -0.3 is 29.7 Å². The van der Waals surface area contributed by atoms with Gasteiger partial charge in [-0.1, -0.05) is 11.6 Å². The van der Waals surface area contributed by atoms with Crippen LogP contribution in [-0.4, -0.2) is 51.9 Å². The summed E-state index contributed by atoms with van der Waals surface area (Å²) in [6, 6.07) is 13.7. The fraction of sp³-hybridized carbons (Fsp3) is 0.423. The zero-order valence-corrected chi connectivity index (χ0v) is 19.8. The molecule has 0 aromatic heterocycles. The number of hydrogen-bond donors (Lipinski definition) is 2. The highest BCUT2D eigenvalue weighted by Gasteiger charge is 2.49. The molecule has 4 rings (SSSR count). The van der Waals surface area contributed by atoms with Crippen LogP contribution in [0.1, 0.15) is 31.2 Å². The van der Waals surface area contributed by atoms with Gasteiger partial charge >= 0.3 is 6.03 Å². The standard InChI is InChI=1S/C26H33N3O4/c1-29-14-13-26(19-5-10-22(32-3)23(16-19)33-4)12-11-18(15-24(26)29)17-27-25(30)28-20-6-8-21(31-2)9-7-20/h5-10,16-17,24H,11-15H2,1-4H3,(H2,27,28,30)/b18-17+/t24-,26-/m0/s1. The number of rotatable bonds is 6. The molecule has 33 heavy (non-hydrogen) atoms. The summed E-state index contributed by atoms with van der Waals surface area (Å²) in [5, 5.41) is 5.77. The highest BCUT2D eigenvalue weighted by molar-refractivity contribution is 5.89. The molecule has 2 amide bonds. The van der Waals surface area contributed by atoms with Gasteiger partial charge in [0.2, 0.25) is 0 Å². The molecule has 7 heteroatoms. The molecule has 1 saturated heterocycles. The zero-order valence-electron chi connectivity index (χ0n) is 19.8. The second-order valence-electron chi connectivity index (χ2n) is 8.81. The summed E-state index contributed by atoms with van der Waals surface area (Å²) in [6.45, 7) is 1.05. The van der Waals surface area contributed by atoms with Crippen LogP contribution in [-0.2, 0) is 5.41 Å². The van der Waals surface area contributed by atoms with Crippen LogP contribution >= 0.6 is 0 Å². The topological polar surface area (TPSA) is 72.1 Å². The lowest BCUT2D eigenvalue weighted by molar-refractivity contribution is 0.208. The Bertz CT molecular complexity index is 1020. The summed E-state index contributed by atoms with van der Waals surface area (Å²) < 4.78 is 16.2. The number of carbonyl (C=O) groups excluding carboxylic acids is 1. The van der Waals surface area contributed by atoms with Crippen molar-refractivity contribution in [3.63, 3.8) is 0 Å². The van der Waals surface area contributed by atoms with E-state index in [0.717, 1.165) is 55.2 Å². The molecule has 2 N–H and O–H groups in total. The average Bonchev–Trinajstić information content (AvgIpc) is 3.19. The van der Waals surface area contributed by atoms with E-state index in [2.05, 4.69) is 34.7 Å². The Balaban J connectivity index is 1.45. The number of nitrogens with zero attached hydrogens (tertiary/aromatic N) is 1. The fourth-order valence-corrected chi connectivity index (χ4v) is 5.26. The minimum atomic E-state index is -0.246. The molecule has 1 heterocycles. The quantitative estimate of drug-likeness (QED) is 0.675. The van der Waals surface area contributed by atoms with E-state index in [4.69, 9.17) is 14.2 Å². The summed E-state index contributed by atoms with van der Waals surface area (Å²) in [5.74, 6) is 2.28. The van der Waals surface area contributed by atoms with E-state index in [0.29, 0.717) is 6.04 Å². The molecule has 2 aromatic carbocycles. The van der Waals surface area contributed by atoms with Gasteiger partial charge in [0.25, 0.3) is 0 Å². The van der Waals surface area contributed by atoms with E-state index >= 15 is 0 Å². The van der Waals surface area contributed by atoms with Crippen molar-refractivity contribution in [3.05, 3.63) is 59.8 Å². The molecular formula is C26H33N3O4. The van der Waals surface area contributed by atoms with Crippen molar-refractivity contribution in [1.29, 1.82) is 0 Å². The third-order valence-electron chi connectivity index (χ3n) is 7.14. The molecule has 0 bridgehead atoms. The van der Waals surface area contributed by atoms with Crippen molar-refractivity contribution < 1.29 is 19.0 Å². The largest absolute Gasteiger partial charge is 0.497 e. The number of anilines is 1. The molecule has 2 aromatic rings. The molecule has 1 aliphatic heterocycles. The highest BCUT2D eigenvalue weighted by Crippen LogP contribution is 2.50. The van der Waals surface area contributed by atoms with Crippen LogP contribution < -0.4 is 24.8 Å². The van der Waals surface area contributed by atoms with Gasteiger partial charge in [0.1, 0.15) is 5.75 Å². The van der Waals surface area contributed by atoms with Crippen LogP contribution in [0.25, 0.3) is 0 Å². The Hall–Kier alpha value is -3.19. The molecule has 1 aliphatic carbocycles. The molecule has 0 spiro atoms. The lowest BCUT2D eigenvalue weighted by Crippen LogP contribution is -2.44. The van der Waals surface area contributed by atoms with Gasteiger partial charge in [0.05, 0.1) is 21.3 Å². The van der Waals surface area contributed by atoms with E-state index in [-0.39, 0.29) is 11.4 Å². The summed E-state index contributed by atoms with van der Waals surface area (Å²) in [5.41, 5.74) is 3.36. The average molecular weight is 452 g/mol. The van der Waals surface area contributed by atoms with Gasteiger partial charge in [-0.05, 0) is 81.2 Å². The van der Waals surface area contributed by atoms with Crippen LogP contribution in [0.15, 0.2) is 54.2 Å². The predicted molar refractivity (Wildman–Crippen MR) is 129 cm³/mol. The number of urea groups is 1. The molecule has 2 atom stereocenters. The Morgan fingerprint density at radius 1 is 1.03 bits per heavy atom. The highest BCUT2D eigenvalue weighted by atomic mass is 16.5. The maximum Gasteiger partial charge on any atom is 0.323 e. The predicted octanol–water partition coefficient (Wildman–Crippen LogP) is 4.54. The van der Waals surface area contributed by atoms with E-state index < -0.39 is 0 Å². The first-order chi connectivity index (χ1) is 16.0. The van der Waals surface area contributed by atoms with Crippen molar-refractivity contribution in [3.8, 4) is 17.2 Å². The number of hydrogen-bond acceptors (Lipinski definition) is 5. The van der Waals surface area contributed by atoms with Crippen molar-refractivity contribution in [2.75, 3.05) is 40.2 Å². The number of carbonyl (C=O) groups is 1. The minimum Gasteiger partial charge on any atom is -0.497 e. The van der Waals surface area contributed by atoms with Gasteiger partial charge in [-0.3, -0.25) is 0 Å². The number of fused-ring (bicyclic) bond motifs is 1. The maximum absolute atomic E-state index is 12.4. The van der Waals surface area contributed by atoms with Gasteiger partial charge in [-0.2, -0.15) is 0 Å². The van der Waals surface area contributed by atoms with E-state index in [1.807, 2.05) is 36.5 Å². The number of likely N-dealkylation sites (tertiary alicyclic amines) is 1. The zero-order chi connectivity index (χ0) is 23.4. The Kier molecular flexibility index (Phi) is 6.79. The van der Waals surface area contributed by atoms with Crippen LogP contribution in [0.4, 0.5) is 10.5 Å². The first kappa shape index (κ1) is 23.0. The van der Waals surface area contributed by atoms with E-state index in [1.165, 1.54) is 11.1 Å². The monoisotopic (exact) mass is 451 g/mol. The summed E-state index contributed by atoms with van der Waals surface area (Å²) in [6.07, 6.45) is 5.89. The second-order valence-corrected chi connectivity index (χ2v) is 8.81. The van der Waals surface area contributed by atoms with Gasteiger partial charge in [0.15, 0.2) is 11.5 Å². The van der Waals surface area contributed by atoms with Gasteiger partial charge in [-0.25, -0.2) is 4.79 Å². The smallest absolute Gasteiger partial charge is 0.323 e. The number of amides is 2. The Morgan fingerprint density at radius 3 is 2.48 bits per heavy atom. The van der Waals surface area contributed by atoms with Crippen LogP contribution in [0, 0.1) is 0 Å². The van der Waals surface area contributed by atoms with Crippen molar-refractivity contribution in [1.82, 2.24) is 10.2 Å². The molecule has 0 radical (unpaired) electrons. The molecule has 2 fully saturated rings. The first-order valence-electron chi connectivity index (χ1n) is 11.3. The number of nitrogens with one attached hydrogen (secondary N) is 2. The van der Waals surface area contributed by atoms with Gasteiger partial charge in [-0.15, -0.1) is 0 Å². The maximum atomic E-state index is 12.4. The summed E-state index contributed by atoms with van der Waals surface area (Å²) in [7, 11) is 7.16. The van der Waals surface area contributed by atoms with Crippen LogP contribution in [0.5, 0.6) is 17.2 Å². The minimum absolute atomic E-state index is 0.0804. The second kappa shape index (κ2) is 9.75. The molecular weight excluding hydrogens is 418 g/mol. The number of ether oxygens (including phenoxy) is 3. The van der Waals surface area contributed by atoms with E-state index in [1.54, 1.807) is 21.3 Å². The normalized spacial score (nSPS) is 23.6. The fourth-order valence-electron chi connectivity index (χ4n) is 5.26.